The number of carbonyl (C=O) groups is 2. The molecule has 0 aliphatic rings. The minimum atomic E-state index is -4.50. The summed E-state index contributed by atoms with van der Waals surface area (Å²) in [4.78, 5) is 22.6. The van der Waals surface area contributed by atoms with E-state index in [1.54, 1.807) is 19.1 Å². The van der Waals surface area contributed by atoms with Crippen LogP contribution in [0.1, 0.15) is 15.9 Å². The van der Waals surface area contributed by atoms with Gasteiger partial charge in [0.2, 0.25) is 0 Å². The topological polar surface area (TPSA) is 121 Å². The van der Waals surface area contributed by atoms with E-state index < -0.39 is 33.8 Å². The molecule has 1 unspecified atom stereocenters. The molecule has 1 rings (SSSR count). The van der Waals surface area contributed by atoms with Gasteiger partial charge in [0.25, 0.3) is 16.0 Å². The first-order valence-corrected chi connectivity index (χ1v) is 6.85. The highest BCUT2D eigenvalue weighted by atomic mass is 32.2. The lowest BCUT2D eigenvalue weighted by Gasteiger charge is -2.13. The molecule has 0 saturated carbocycles. The summed E-state index contributed by atoms with van der Waals surface area (Å²) in [5.41, 5.74) is 1.01. The molecule has 0 bridgehead atoms. The highest BCUT2D eigenvalue weighted by molar-refractivity contribution is 7.85. The summed E-state index contributed by atoms with van der Waals surface area (Å²) in [6.45, 7) is 1.75. The first kappa shape index (κ1) is 15.1. The largest absolute Gasteiger partial charge is 0.480 e. The fraction of sp³-hybridized carbons (Fsp3) is 0.273. The molecule has 1 atom stereocenters. The zero-order valence-electron chi connectivity index (χ0n) is 10.0. The molecule has 7 nitrogen and oxygen atoms in total. The predicted octanol–water partition coefficient (Wildman–Crippen LogP) is 0.0658. The van der Waals surface area contributed by atoms with Crippen LogP contribution in [0.4, 0.5) is 0 Å². The van der Waals surface area contributed by atoms with E-state index in [-0.39, 0.29) is 5.56 Å². The van der Waals surface area contributed by atoms with E-state index in [4.69, 9.17) is 9.66 Å². The minimum Gasteiger partial charge on any atom is -0.480 e. The van der Waals surface area contributed by atoms with Crippen LogP contribution in [0.15, 0.2) is 24.3 Å². The number of carbonyl (C=O) groups excluding carboxylic acids is 1. The molecular formula is C11H13NO6S. The Bertz CT molecular complexity index is 595. The SMILES string of the molecule is Cc1cccc(C(=O)NC(CS(=O)(=O)O)C(=O)O)c1. The molecule has 0 spiro atoms. The van der Waals surface area contributed by atoms with E-state index in [1.165, 1.54) is 12.1 Å². The molecule has 0 fully saturated rings. The molecule has 0 aromatic heterocycles. The second kappa shape index (κ2) is 5.81. The Balaban J connectivity index is 2.86. The summed E-state index contributed by atoms with van der Waals surface area (Å²) in [6.07, 6.45) is 0. The van der Waals surface area contributed by atoms with Crippen molar-refractivity contribution < 1.29 is 27.7 Å². The summed E-state index contributed by atoms with van der Waals surface area (Å²) in [5.74, 6) is -3.35. The fourth-order valence-corrected chi connectivity index (χ4v) is 2.06. The van der Waals surface area contributed by atoms with Gasteiger partial charge in [-0.15, -0.1) is 0 Å². The number of carboxylic acid groups (broad SMARTS) is 1. The number of amides is 1. The van der Waals surface area contributed by atoms with E-state index in [2.05, 4.69) is 0 Å². The van der Waals surface area contributed by atoms with Crippen molar-refractivity contribution in [3.63, 3.8) is 0 Å². The first-order chi connectivity index (χ1) is 8.69. The number of hydrogen-bond donors (Lipinski definition) is 3. The van der Waals surface area contributed by atoms with Crippen molar-refractivity contribution in [3.8, 4) is 0 Å². The van der Waals surface area contributed by atoms with Gasteiger partial charge in [0.1, 0.15) is 11.8 Å². The molecule has 0 aliphatic carbocycles. The van der Waals surface area contributed by atoms with Crippen molar-refractivity contribution in [3.05, 3.63) is 35.4 Å². The zero-order valence-corrected chi connectivity index (χ0v) is 10.8. The van der Waals surface area contributed by atoms with E-state index in [9.17, 15) is 18.0 Å². The molecule has 0 radical (unpaired) electrons. The Kier molecular flexibility index (Phi) is 4.62. The summed E-state index contributed by atoms with van der Waals surface area (Å²) < 4.78 is 29.9. The second-order valence-corrected chi connectivity index (χ2v) is 5.48. The number of aryl methyl sites for hydroxylation is 1. The van der Waals surface area contributed by atoms with Crippen molar-refractivity contribution in [1.82, 2.24) is 5.32 Å². The molecular weight excluding hydrogens is 274 g/mol. The third kappa shape index (κ3) is 5.06. The van der Waals surface area contributed by atoms with Gasteiger partial charge in [-0.2, -0.15) is 8.42 Å². The van der Waals surface area contributed by atoms with Gasteiger partial charge in [0, 0.05) is 5.56 Å². The van der Waals surface area contributed by atoms with Gasteiger partial charge < -0.3 is 10.4 Å². The Labute approximate surface area is 110 Å². The molecule has 8 heteroatoms. The molecule has 0 heterocycles. The lowest BCUT2D eigenvalue weighted by atomic mass is 10.1. The summed E-state index contributed by atoms with van der Waals surface area (Å²) in [6, 6.07) is 4.66. The molecule has 3 N–H and O–H groups in total. The van der Waals surface area contributed by atoms with E-state index in [0.29, 0.717) is 0 Å². The van der Waals surface area contributed by atoms with Gasteiger partial charge in [-0.05, 0) is 19.1 Å². The van der Waals surface area contributed by atoms with Crippen LogP contribution in [0.25, 0.3) is 0 Å². The third-order valence-corrected chi connectivity index (χ3v) is 3.02. The highest BCUT2D eigenvalue weighted by Crippen LogP contribution is 2.04. The maximum Gasteiger partial charge on any atom is 0.327 e. The summed E-state index contributed by atoms with van der Waals surface area (Å²) >= 11 is 0. The number of benzene rings is 1. The predicted molar refractivity (Wildman–Crippen MR) is 66.5 cm³/mol. The molecule has 19 heavy (non-hydrogen) atoms. The summed E-state index contributed by atoms with van der Waals surface area (Å²) in [5, 5.41) is 10.8. The van der Waals surface area contributed by atoms with Gasteiger partial charge in [-0.1, -0.05) is 17.7 Å². The van der Waals surface area contributed by atoms with Crippen LogP contribution < -0.4 is 5.32 Å². The smallest absolute Gasteiger partial charge is 0.327 e. The first-order valence-electron chi connectivity index (χ1n) is 5.24. The Morgan fingerprint density at radius 2 is 2.00 bits per heavy atom. The quantitative estimate of drug-likeness (QED) is 0.659. The molecule has 0 aliphatic heterocycles. The Morgan fingerprint density at radius 3 is 2.47 bits per heavy atom. The number of rotatable bonds is 5. The van der Waals surface area contributed by atoms with Gasteiger partial charge >= 0.3 is 5.97 Å². The van der Waals surface area contributed by atoms with Crippen LogP contribution in [0.2, 0.25) is 0 Å². The lowest BCUT2D eigenvalue weighted by Crippen LogP contribution is -2.45. The van der Waals surface area contributed by atoms with Crippen molar-refractivity contribution >= 4 is 22.0 Å². The average molecular weight is 287 g/mol. The van der Waals surface area contributed by atoms with Crippen LogP contribution in [0.5, 0.6) is 0 Å². The molecule has 1 aromatic carbocycles. The normalized spacial score (nSPS) is 12.7. The van der Waals surface area contributed by atoms with Crippen molar-refractivity contribution in [2.24, 2.45) is 0 Å². The maximum atomic E-state index is 11.7. The van der Waals surface area contributed by atoms with E-state index in [1.807, 2.05) is 5.32 Å². The van der Waals surface area contributed by atoms with Crippen molar-refractivity contribution in [1.29, 1.82) is 0 Å². The van der Waals surface area contributed by atoms with E-state index >= 15 is 0 Å². The molecule has 1 amide bonds. The lowest BCUT2D eigenvalue weighted by molar-refractivity contribution is -0.138. The standard InChI is InChI=1S/C11H13NO6S/c1-7-3-2-4-8(5-7)10(13)12-9(11(14)15)6-19(16,17)18/h2-5,9H,6H2,1H3,(H,12,13)(H,14,15)(H,16,17,18). The highest BCUT2D eigenvalue weighted by Gasteiger charge is 2.26. The van der Waals surface area contributed by atoms with Crippen LogP contribution in [-0.2, 0) is 14.9 Å². The Hall–Kier alpha value is -1.93. The monoisotopic (exact) mass is 287 g/mol. The number of aliphatic carboxylic acids is 1. The fourth-order valence-electron chi connectivity index (χ4n) is 1.41. The van der Waals surface area contributed by atoms with Crippen LogP contribution in [0.3, 0.4) is 0 Å². The van der Waals surface area contributed by atoms with Crippen LogP contribution in [-0.4, -0.2) is 41.7 Å². The summed E-state index contributed by atoms with van der Waals surface area (Å²) in [7, 11) is -4.50. The molecule has 104 valence electrons. The van der Waals surface area contributed by atoms with Crippen LogP contribution >= 0.6 is 0 Å². The third-order valence-electron chi connectivity index (χ3n) is 2.26. The molecule has 1 aromatic rings. The van der Waals surface area contributed by atoms with Gasteiger partial charge in [-0.25, -0.2) is 4.79 Å². The minimum absolute atomic E-state index is 0.210. The van der Waals surface area contributed by atoms with Crippen molar-refractivity contribution in [2.45, 2.75) is 13.0 Å². The zero-order chi connectivity index (χ0) is 14.6. The molecule has 0 saturated heterocycles. The Morgan fingerprint density at radius 1 is 1.37 bits per heavy atom. The number of carboxylic acids is 1. The van der Waals surface area contributed by atoms with Gasteiger partial charge in [0.15, 0.2) is 0 Å². The van der Waals surface area contributed by atoms with Crippen molar-refractivity contribution in [2.75, 3.05) is 5.75 Å². The second-order valence-electron chi connectivity index (χ2n) is 3.98. The number of nitrogens with one attached hydrogen (secondary N) is 1. The van der Waals surface area contributed by atoms with Gasteiger partial charge in [-0.3, -0.25) is 9.35 Å². The van der Waals surface area contributed by atoms with Gasteiger partial charge in [0.05, 0.1) is 0 Å². The maximum absolute atomic E-state index is 11.7. The number of hydrogen-bond acceptors (Lipinski definition) is 4. The average Bonchev–Trinajstić information content (AvgIpc) is 2.26. The van der Waals surface area contributed by atoms with E-state index in [0.717, 1.165) is 5.56 Å². The van der Waals surface area contributed by atoms with Crippen LogP contribution in [0, 0.1) is 6.92 Å².